The molecule has 0 saturated heterocycles. The molecule has 5 aromatic rings. The second-order valence-corrected chi connectivity index (χ2v) is 12.2. The Balaban J connectivity index is 0.00000370. The van der Waals surface area contributed by atoms with Gasteiger partial charge in [0.05, 0.1) is 0 Å². The predicted molar refractivity (Wildman–Crippen MR) is 160 cm³/mol. The van der Waals surface area contributed by atoms with Crippen LogP contribution in [0.2, 0.25) is 0 Å². The quantitative estimate of drug-likeness (QED) is 0.225. The maximum absolute atomic E-state index is 13.4. The Morgan fingerprint density at radius 2 is 0.825 bits per heavy atom. The van der Waals surface area contributed by atoms with E-state index in [1.165, 1.54) is 0 Å². The van der Waals surface area contributed by atoms with Gasteiger partial charge in [-0.15, -0.1) is 0 Å². The van der Waals surface area contributed by atoms with Gasteiger partial charge in [-0.25, -0.2) is 4.79 Å². The molecule has 0 fully saturated rings. The van der Waals surface area contributed by atoms with Gasteiger partial charge in [-0.3, -0.25) is 4.79 Å². The lowest BCUT2D eigenvalue weighted by atomic mass is 10.1. The van der Waals surface area contributed by atoms with Crippen LogP contribution in [0.5, 0.6) is 0 Å². The van der Waals surface area contributed by atoms with Crippen LogP contribution in [0.1, 0.15) is 15.9 Å². The molecule has 0 aliphatic heterocycles. The van der Waals surface area contributed by atoms with Crippen molar-refractivity contribution in [3.8, 4) is 0 Å². The summed E-state index contributed by atoms with van der Waals surface area (Å²) in [4.78, 5) is 26.6. The van der Waals surface area contributed by atoms with Crippen molar-refractivity contribution in [2.45, 2.75) is 0 Å². The molecule has 5 rings (SSSR count). The summed E-state index contributed by atoms with van der Waals surface area (Å²) in [6.45, 7) is 0. The van der Waals surface area contributed by atoms with E-state index in [4.69, 9.17) is 0 Å². The first-order valence-corrected chi connectivity index (χ1v) is 14.4. The Morgan fingerprint density at radius 1 is 0.500 bits per heavy atom. The van der Waals surface area contributed by atoms with Crippen LogP contribution in [0, 0.1) is 0 Å². The van der Waals surface area contributed by atoms with Gasteiger partial charge >= 0.3 is 5.97 Å². The summed E-state index contributed by atoms with van der Waals surface area (Å²) in [6.07, 6.45) is 0. The number of rotatable bonds is 8. The zero-order valence-corrected chi connectivity index (χ0v) is 23.2. The summed E-state index contributed by atoms with van der Waals surface area (Å²) >= 11 is 0. The summed E-state index contributed by atoms with van der Waals surface area (Å²) in [7, 11) is -2.86. The molecule has 2 N–H and O–H groups in total. The molecule has 40 heavy (non-hydrogen) atoms. The van der Waals surface area contributed by atoms with Gasteiger partial charge in [0.15, 0.2) is 5.70 Å². The second kappa shape index (κ2) is 13.0. The molecular weight excluding hydrogens is 537 g/mol. The van der Waals surface area contributed by atoms with Crippen LogP contribution in [0.3, 0.4) is 0 Å². The Kier molecular flexibility index (Phi) is 9.29. The van der Waals surface area contributed by atoms with Crippen molar-refractivity contribution >= 4 is 40.4 Å². The molecule has 5 aromatic carbocycles. The van der Waals surface area contributed by atoms with Crippen LogP contribution < -0.4 is 33.6 Å². The number of amides is 1. The molecular formula is C34H27ClNO3P. The minimum absolute atomic E-state index is 0. The van der Waals surface area contributed by atoms with Crippen molar-refractivity contribution in [3.63, 3.8) is 0 Å². The molecule has 0 saturated carbocycles. The monoisotopic (exact) mass is 563 g/mol. The Morgan fingerprint density at radius 3 is 1.18 bits per heavy atom. The first kappa shape index (κ1) is 28.5. The number of carboxylic acids is 1. The molecule has 6 heteroatoms. The summed E-state index contributed by atoms with van der Waals surface area (Å²) in [5.41, 5.74) is 0.972. The number of carboxylic acid groups (broad SMARTS) is 1. The van der Waals surface area contributed by atoms with Gasteiger partial charge in [0, 0.05) is 11.1 Å². The van der Waals surface area contributed by atoms with Crippen molar-refractivity contribution in [1.82, 2.24) is 5.32 Å². The lowest BCUT2D eigenvalue weighted by Gasteiger charge is -2.31. The van der Waals surface area contributed by atoms with E-state index in [9.17, 15) is 14.7 Å². The number of aliphatic carboxylic acids is 1. The average Bonchev–Trinajstić information content (AvgIpc) is 3.01. The van der Waals surface area contributed by atoms with Gasteiger partial charge < -0.3 is 22.8 Å². The van der Waals surface area contributed by atoms with E-state index in [0.29, 0.717) is 10.9 Å². The van der Waals surface area contributed by atoms with Crippen LogP contribution >= 0.6 is 7.26 Å². The standard InChI is InChI=1S/C34H26NO3P.ClH/c36-33(27-18-8-2-9-19-27)35-31(34(37)38)32(26-16-6-1-7-17-26)39(28-20-10-3-11-21-28,29-22-12-4-13-23-29)30-24-14-5-15-25-30;/h1-25H,(H-,35,36,37,38);1H. The number of halogens is 1. The fourth-order valence-corrected chi connectivity index (χ4v) is 9.43. The van der Waals surface area contributed by atoms with Crippen molar-refractivity contribution in [2.24, 2.45) is 0 Å². The Bertz CT molecular complexity index is 1500. The smallest absolute Gasteiger partial charge is 0.356 e. The number of hydrogen-bond acceptors (Lipinski definition) is 2. The van der Waals surface area contributed by atoms with Gasteiger partial charge in [0.1, 0.15) is 28.5 Å². The van der Waals surface area contributed by atoms with E-state index in [2.05, 4.69) is 41.7 Å². The maximum Gasteiger partial charge on any atom is 0.356 e. The average molecular weight is 564 g/mol. The maximum atomic E-state index is 13.4. The van der Waals surface area contributed by atoms with Crippen LogP contribution in [0.25, 0.3) is 5.31 Å². The van der Waals surface area contributed by atoms with Gasteiger partial charge in [0.2, 0.25) is 0 Å². The largest absolute Gasteiger partial charge is 1.00 e. The third kappa shape index (κ3) is 5.60. The van der Waals surface area contributed by atoms with E-state index in [0.717, 1.165) is 21.5 Å². The normalized spacial score (nSPS) is 11.5. The second-order valence-electron chi connectivity index (χ2n) is 8.89. The summed E-state index contributed by atoms with van der Waals surface area (Å²) in [6, 6.07) is 48.2. The minimum atomic E-state index is -2.86. The van der Waals surface area contributed by atoms with Gasteiger partial charge in [-0.1, -0.05) is 103 Å². The van der Waals surface area contributed by atoms with E-state index >= 15 is 0 Å². The third-order valence-electron chi connectivity index (χ3n) is 6.54. The molecule has 0 aliphatic rings. The van der Waals surface area contributed by atoms with E-state index in [1.807, 2.05) is 91.0 Å². The molecule has 0 spiro atoms. The summed E-state index contributed by atoms with van der Waals surface area (Å²) in [5.74, 6) is -1.68. The summed E-state index contributed by atoms with van der Waals surface area (Å²) in [5, 5.41) is 17.1. The third-order valence-corrected chi connectivity index (χ3v) is 10.9. The molecule has 198 valence electrons. The van der Waals surface area contributed by atoms with E-state index in [-0.39, 0.29) is 18.1 Å². The first-order valence-electron chi connectivity index (χ1n) is 12.6. The molecule has 0 radical (unpaired) electrons. The van der Waals surface area contributed by atoms with Crippen LogP contribution in [0.15, 0.2) is 157 Å². The van der Waals surface area contributed by atoms with Crippen molar-refractivity contribution in [3.05, 3.63) is 168 Å². The number of hydrogen-bond donors (Lipinski definition) is 2. The minimum Gasteiger partial charge on any atom is -1.00 e. The SMILES string of the molecule is O=C(O)C(NC(=O)c1ccccc1)=C(c1ccccc1)[P+](c1ccccc1)(c1ccccc1)c1ccccc1.[Cl-]. The molecule has 0 atom stereocenters. The van der Waals surface area contributed by atoms with E-state index < -0.39 is 19.1 Å². The van der Waals surface area contributed by atoms with Crippen LogP contribution in [-0.2, 0) is 4.79 Å². The van der Waals surface area contributed by atoms with E-state index in [1.54, 1.807) is 24.3 Å². The van der Waals surface area contributed by atoms with Crippen molar-refractivity contribution < 1.29 is 27.1 Å². The number of benzene rings is 5. The fourth-order valence-electron chi connectivity index (χ4n) is 4.88. The molecule has 4 nitrogen and oxygen atoms in total. The zero-order chi connectivity index (χ0) is 27.1. The molecule has 1 amide bonds. The lowest BCUT2D eigenvalue weighted by molar-refractivity contribution is -0.132. The highest BCUT2D eigenvalue weighted by Gasteiger charge is 2.52. The molecule has 0 heterocycles. The van der Waals surface area contributed by atoms with Crippen LogP contribution in [-0.4, -0.2) is 17.0 Å². The fraction of sp³-hybridized carbons (Fsp3) is 0. The highest BCUT2D eigenvalue weighted by Crippen LogP contribution is 2.67. The van der Waals surface area contributed by atoms with Crippen molar-refractivity contribution in [1.29, 1.82) is 0 Å². The van der Waals surface area contributed by atoms with Gasteiger partial charge in [0.25, 0.3) is 5.91 Å². The lowest BCUT2D eigenvalue weighted by Crippen LogP contribution is -3.00. The Labute approximate surface area is 240 Å². The molecule has 0 unspecified atom stereocenters. The molecule has 0 bridgehead atoms. The topological polar surface area (TPSA) is 66.4 Å². The van der Waals surface area contributed by atoms with Gasteiger partial charge in [-0.05, 0) is 48.5 Å². The summed E-state index contributed by atoms with van der Waals surface area (Å²) < 4.78 is 0. The predicted octanol–water partition coefficient (Wildman–Crippen LogP) is 2.87. The molecule has 0 aromatic heterocycles. The van der Waals surface area contributed by atoms with Crippen molar-refractivity contribution in [2.75, 3.05) is 0 Å². The van der Waals surface area contributed by atoms with Crippen LogP contribution in [0.4, 0.5) is 0 Å². The highest BCUT2D eigenvalue weighted by atomic mass is 35.5. The number of carbonyl (C=O) groups excluding carboxylic acids is 1. The van der Waals surface area contributed by atoms with Gasteiger partial charge in [-0.2, -0.15) is 0 Å². The number of nitrogens with one attached hydrogen (secondary N) is 1. The Hall–Kier alpha value is -4.50. The first-order chi connectivity index (χ1) is 19.1. The number of carbonyl (C=O) groups is 2. The molecule has 0 aliphatic carbocycles. The highest BCUT2D eigenvalue weighted by molar-refractivity contribution is 8.03. The zero-order valence-electron chi connectivity index (χ0n) is 21.5.